The zero-order chi connectivity index (χ0) is 31.6. The van der Waals surface area contributed by atoms with Gasteiger partial charge in [0.15, 0.2) is 0 Å². The van der Waals surface area contributed by atoms with Crippen LogP contribution in [-0.2, 0) is 18.9 Å². The van der Waals surface area contributed by atoms with Crippen molar-refractivity contribution in [2.24, 2.45) is 0 Å². The number of carbonyl (C=O) groups is 2. The van der Waals surface area contributed by atoms with Crippen LogP contribution < -0.4 is 0 Å². The average Bonchev–Trinajstić information content (AvgIpc) is 3.52. The van der Waals surface area contributed by atoms with Crippen molar-refractivity contribution in [2.45, 2.75) is 111 Å². The van der Waals surface area contributed by atoms with Gasteiger partial charge >= 0.3 is 12.1 Å². The van der Waals surface area contributed by atoms with Gasteiger partial charge in [-0.15, -0.1) is 47.0 Å². The first-order chi connectivity index (χ1) is 22.7. The molecule has 0 aromatic heterocycles. The number of hydrogen-bond donors (Lipinski definition) is 0. The molecule has 0 aromatic rings. The fourth-order valence-corrected chi connectivity index (χ4v) is 11.5. The summed E-state index contributed by atoms with van der Waals surface area (Å²) in [5.41, 5.74) is 0.811. The van der Waals surface area contributed by atoms with Gasteiger partial charge in [0, 0.05) is 75.6 Å². The van der Waals surface area contributed by atoms with Crippen molar-refractivity contribution in [3.05, 3.63) is 0 Å². The van der Waals surface area contributed by atoms with E-state index >= 15 is 0 Å². The number of amides is 4. The Morgan fingerprint density at radius 3 is 0.913 bits per heavy atom. The van der Waals surface area contributed by atoms with Gasteiger partial charge in [-0.05, 0) is 77.0 Å². The number of thioether (sulfide) groups is 4. The SMILES string of the molecule is O=C1N(CCSC2CCCCO2)C2C(N1CCSC1CCCCO1)N(CCSC1CCCCO1)C(=O)N2CCSC1CCCCO1. The quantitative estimate of drug-likeness (QED) is 0.185. The second-order valence-corrected chi connectivity index (χ2v) is 17.9. The highest BCUT2D eigenvalue weighted by molar-refractivity contribution is 8.00. The Balaban J connectivity index is 1.15. The van der Waals surface area contributed by atoms with Gasteiger partial charge in [0.05, 0.1) is 0 Å². The van der Waals surface area contributed by atoms with Crippen molar-refractivity contribution in [3.63, 3.8) is 0 Å². The molecule has 4 amide bonds. The molecule has 6 aliphatic rings. The normalized spacial score (nSPS) is 32.4. The Bertz CT molecular complexity index is 808. The van der Waals surface area contributed by atoms with Crippen molar-refractivity contribution in [1.29, 1.82) is 0 Å². The lowest BCUT2D eigenvalue weighted by Crippen LogP contribution is -2.48. The van der Waals surface area contributed by atoms with Crippen molar-refractivity contribution in [2.75, 3.05) is 75.6 Å². The molecule has 6 saturated heterocycles. The van der Waals surface area contributed by atoms with Gasteiger partial charge in [0.2, 0.25) is 0 Å². The summed E-state index contributed by atoms with van der Waals surface area (Å²) in [6.07, 6.45) is 13.0. The number of nitrogens with zero attached hydrogens (tertiary/aromatic N) is 4. The van der Waals surface area contributed by atoms with E-state index in [0.29, 0.717) is 26.2 Å². The summed E-state index contributed by atoms with van der Waals surface area (Å²) < 4.78 is 23.9. The van der Waals surface area contributed by atoms with Crippen LogP contribution in [0.2, 0.25) is 0 Å². The predicted octanol–water partition coefficient (Wildman–Crippen LogP) is 6.15. The minimum atomic E-state index is -0.285. The summed E-state index contributed by atoms with van der Waals surface area (Å²) in [5.74, 6) is 3.22. The molecular formula is C32H54N4O6S4. The number of hydrogen-bond acceptors (Lipinski definition) is 10. The molecule has 0 saturated carbocycles. The number of fused-ring (bicyclic) bond motifs is 1. The molecule has 0 aromatic carbocycles. The third-order valence-corrected chi connectivity index (χ3v) is 14.3. The fourth-order valence-electron chi connectivity index (χ4n) is 7.18. The predicted molar refractivity (Wildman–Crippen MR) is 189 cm³/mol. The molecule has 0 N–H and O–H groups in total. The van der Waals surface area contributed by atoms with E-state index in [4.69, 9.17) is 18.9 Å². The Hall–Kier alpha value is -0.220. The minimum absolute atomic E-state index is 0.0550. The Morgan fingerprint density at radius 1 is 0.435 bits per heavy atom. The van der Waals surface area contributed by atoms with Crippen LogP contribution in [0.15, 0.2) is 0 Å². The molecule has 46 heavy (non-hydrogen) atoms. The van der Waals surface area contributed by atoms with Crippen LogP contribution >= 0.6 is 47.0 Å². The van der Waals surface area contributed by atoms with E-state index in [-0.39, 0.29) is 46.1 Å². The number of ether oxygens (including phenoxy) is 4. The van der Waals surface area contributed by atoms with Gasteiger partial charge in [-0.3, -0.25) is 19.6 Å². The first-order valence-electron chi connectivity index (χ1n) is 17.8. The fraction of sp³-hybridized carbons (Fsp3) is 0.938. The molecule has 4 atom stereocenters. The first-order valence-corrected chi connectivity index (χ1v) is 22.0. The molecular weight excluding hydrogens is 665 g/mol. The summed E-state index contributed by atoms with van der Waals surface area (Å²) in [6.45, 7) is 5.75. The van der Waals surface area contributed by atoms with E-state index in [0.717, 1.165) is 101 Å². The maximum atomic E-state index is 14.3. The van der Waals surface area contributed by atoms with E-state index in [9.17, 15) is 9.59 Å². The molecule has 6 fully saturated rings. The highest BCUT2D eigenvalue weighted by atomic mass is 32.2. The van der Waals surface area contributed by atoms with E-state index in [1.165, 1.54) is 25.7 Å². The lowest BCUT2D eigenvalue weighted by atomic mass is 10.2. The summed E-state index contributed by atoms with van der Waals surface area (Å²) >= 11 is 7.27. The van der Waals surface area contributed by atoms with Gasteiger partial charge in [-0.1, -0.05) is 0 Å². The minimum Gasteiger partial charge on any atom is -0.368 e. The van der Waals surface area contributed by atoms with E-state index in [1.807, 2.05) is 66.6 Å². The van der Waals surface area contributed by atoms with Crippen LogP contribution in [0.5, 0.6) is 0 Å². The van der Waals surface area contributed by atoms with Crippen LogP contribution in [-0.4, -0.2) is 141 Å². The highest BCUT2D eigenvalue weighted by Crippen LogP contribution is 2.37. The molecule has 262 valence electrons. The highest BCUT2D eigenvalue weighted by Gasteiger charge is 2.58. The zero-order valence-corrected chi connectivity index (χ0v) is 30.6. The molecule has 10 nitrogen and oxygen atoms in total. The monoisotopic (exact) mass is 718 g/mol. The van der Waals surface area contributed by atoms with Gasteiger partial charge in [-0.2, -0.15) is 0 Å². The second kappa shape index (κ2) is 18.7. The van der Waals surface area contributed by atoms with Gasteiger partial charge in [0.25, 0.3) is 0 Å². The summed E-state index contributed by atoms with van der Waals surface area (Å²) in [4.78, 5) is 36.6. The van der Waals surface area contributed by atoms with Gasteiger partial charge in [-0.25, -0.2) is 9.59 Å². The third-order valence-electron chi connectivity index (χ3n) is 9.62. The molecule has 6 aliphatic heterocycles. The van der Waals surface area contributed by atoms with Crippen LogP contribution in [0, 0.1) is 0 Å². The standard InChI is InChI=1S/C32H54N4O6S4/c37-31-33(13-21-43-25-9-1-5-17-39-25)29-30(35(31)15-23-45-27-11-3-7-19-41-27)36(16-24-46-28-12-4-8-20-42-28)32(38)34(29)14-22-44-26-10-2-6-18-40-26/h25-30H,1-24H2. The number of carbonyl (C=O) groups excluding carboxylic acids is 2. The Morgan fingerprint density at radius 2 is 0.696 bits per heavy atom. The third kappa shape index (κ3) is 9.51. The molecule has 0 bridgehead atoms. The number of urea groups is 2. The summed E-state index contributed by atoms with van der Waals surface area (Å²) in [6, 6.07) is 0.110. The van der Waals surface area contributed by atoms with Crippen LogP contribution in [0.25, 0.3) is 0 Å². The lowest BCUT2D eigenvalue weighted by molar-refractivity contribution is 0.0722. The molecule has 4 unspecified atom stereocenters. The van der Waals surface area contributed by atoms with E-state index in [1.54, 1.807) is 0 Å². The second-order valence-electron chi connectivity index (χ2n) is 12.8. The molecule has 6 rings (SSSR count). The van der Waals surface area contributed by atoms with Crippen molar-refractivity contribution >= 4 is 59.1 Å². The molecule has 14 heteroatoms. The summed E-state index contributed by atoms with van der Waals surface area (Å²) in [7, 11) is 0. The lowest BCUT2D eigenvalue weighted by Gasteiger charge is -2.31. The zero-order valence-electron chi connectivity index (χ0n) is 27.3. The van der Waals surface area contributed by atoms with E-state index < -0.39 is 0 Å². The molecule has 0 spiro atoms. The van der Waals surface area contributed by atoms with Crippen molar-refractivity contribution < 1.29 is 28.5 Å². The van der Waals surface area contributed by atoms with Crippen LogP contribution in [0.1, 0.15) is 77.0 Å². The first kappa shape index (κ1) is 35.6. The van der Waals surface area contributed by atoms with Crippen molar-refractivity contribution in [3.8, 4) is 0 Å². The van der Waals surface area contributed by atoms with Gasteiger partial charge in [0.1, 0.15) is 34.1 Å². The maximum absolute atomic E-state index is 14.3. The molecule has 0 aliphatic carbocycles. The molecule has 6 heterocycles. The topological polar surface area (TPSA) is 84.0 Å². The van der Waals surface area contributed by atoms with Gasteiger partial charge < -0.3 is 18.9 Å². The smallest absolute Gasteiger partial charge is 0.323 e. The molecule has 0 radical (unpaired) electrons. The van der Waals surface area contributed by atoms with Crippen LogP contribution in [0.3, 0.4) is 0 Å². The van der Waals surface area contributed by atoms with Crippen LogP contribution in [0.4, 0.5) is 9.59 Å². The van der Waals surface area contributed by atoms with Crippen molar-refractivity contribution in [1.82, 2.24) is 19.6 Å². The Kier molecular flexibility index (Phi) is 14.5. The Labute approximate surface area is 292 Å². The largest absolute Gasteiger partial charge is 0.368 e. The maximum Gasteiger partial charge on any atom is 0.323 e. The average molecular weight is 719 g/mol. The van der Waals surface area contributed by atoms with E-state index in [2.05, 4.69) is 0 Å². The number of rotatable bonds is 16. The summed E-state index contributed by atoms with van der Waals surface area (Å²) in [5, 5.41) is 0.